The van der Waals surface area contributed by atoms with Crippen LogP contribution < -0.4 is 22.8 Å². The molecule has 10 aromatic rings. The van der Waals surface area contributed by atoms with Gasteiger partial charge in [-0.1, -0.05) is 153 Å². The average Bonchev–Trinajstić information content (AvgIpc) is 2.35. The first-order chi connectivity index (χ1) is 43.9. The van der Waals surface area contributed by atoms with E-state index in [1.165, 1.54) is 11.3 Å². The first-order valence-electron chi connectivity index (χ1n) is 32.5. The van der Waals surface area contributed by atoms with Crippen molar-refractivity contribution in [2.45, 2.75) is 173 Å². The van der Waals surface area contributed by atoms with Crippen LogP contribution in [0.15, 0.2) is 184 Å². The maximum absolute atomic E-state index is 4.33. The minimum Gasteiger partial charge on any atom is -0.261 e. The molecule has 0 aliphatic carbocycles. The van der Waals surface area contributed by atoms with Crippen LogP contribution in [0.3, 0.4) is 0 Å². The molecular formula is C75H120N15+5. The lowest BCUT2D eigenvalue weighted by atomic mass is 10.1. The van der Waals surface area contributed by atoms with Gasteiger partial charge in [-0.05, 0) is 106 Å². The zero-order valence-corrected chi connectivity index (χ0v) is 61.5. The summed E-state index contributed by atoms with van der Waals surface area (Å²) in [7, 11) is 9.93. The van der Waals surface area contributed by atoms with E-state index in [2.05, 4.69) is 78.7 Å². The molecule has 0 aliphatic heterocycles. The summed E-state index contributed by atoms with van der Waals surface area (Å²) in [6.45, 7) is 50.0. The molecule has 10 aromatic heterocycles. The maximum Gasteiger partial charge on any atom is 0.331 e. The summed E-state index contributed by atoms with van der Waals surface area (Å²) in [4.78, 5) is 41.9. The molecule has 0 aromatic carbocycles. The van der Waals surface area contributed by atoms with E-state index in [4.69, 9.17) is 0 Å². The van der Waals surface area contributed by atoms with Gasteiger partial charge < -0.3 is 0 Å². The molecule has 0 N–H and O–H groups in total. The van der Waals surface area contributed by atoms with E-state index in [-0.39, 0.29) is 0 Å². The van der Waals surface area contributed by atoms with Crippen LogP contribution in [0.2, 0.25) is 0 Å². The van der Waals surface area contributed by atoms with Gasteiger partial charge >= 0.3 is 5.82 Å². The molecule has 15 heteroatoms. The quantitative estimate of drug-likeness (QED) is 0.152. The monoisotopic (exact) mass is 1230 g/mol. The van der Waals surface area contributed by atoms with E-state index in [0.717, 1.165) is 73.8 Å². The Balaban J connectivity index is -0.000000312. The number of hydrogen-bond donors (Lipinski definition) is 0. The van der Waals surface area contributed by atoms with E-state index >= 15 is 0 Å². The minimum atomic E-state index is 0.880. The van der Waals surface area contributed by atoms with Crippen molar-refractivity contribution in [3.8, 4) is 56.5 Å². The molecule has 0 amide bonds. The lowest BCUT2D eigenvalue weighted by Crippen LogP contribution is -2.32. The predicted octanol–water partition coefficient (Wildman–Crippen LogP) is 16.6. The van der Waals surface area contributed by atoms with Crippen molar-refractivity contribution in [3.05, 3.63) is 213 Å². The highest BCUT2D eigenvalue weighted by Gasteiger charge is 2.16. The molecule has 0 spiro atoms. The second-order valence-electron chi connectivity index (χ2n) is 16.0. The summed E-state index contributed by atoms with van der Waals surface area (Å²) in [5, 5.41) is 0. The summed E-state index contributed by atoms with van der Waals surface area (Å²) < 4.78 is 10.00. The van der Waals surface area contributed by atoms with Crippen LogP contribution in [0.1, 0.15) is 167 Å². The van der Waals surface area contributed by atoms with Crippen molar-refractivity contribution in [2.24, 2.45) is 35.2 Å². The topological polar surface area (TPSA) is 148 Å². The Morgan fingerprint density at radius 2 is 0.589 bits per heavy atom. The number of nitrogens with zero attached hydrogens (tertiary/aromatic N) is 15. The Hall–Kier alpha value is -8.85. The Morgan fingerprint density at radius 3 is 0.956 bits per heavy atom. The smallest absolute Gasteiger partial charge is 0.261 e. The minimum absolute atomic E-state index is 0.880. The van der Waals surface area contributed by atoms with Crippen LogP contribution in [0, 0.1) is 34.6 Å². The third-order valence-electron chi connectivity index (χ3n) is 11.0. The van der Waals surface area contributed by atoms with Crippen molar-refractivity contribution in [3.63, 3.8) is 0 Å². The molecule has 10 heterocycles. The van der Waals surface area contributed by atoms with Gasteiger partial charge in [-0.25, -0.2) is 18.3 Å². The Bertz CT molecular complexity index is 2550. The standard InChI is InChI=1S/C12H13N2.3C11H12N3.C10H11N4.10C2H6/c1-10-11(6-5-8-13-10)12-7-3-4-9-14(12)2;1-9-10(5-3-6-12-9)11-13-7-4-8-14(11)2;1-9-10(4-3-6-13-9)11-5-7-12-8-14(11)2;1-9-10(4-3-5-13-9)11-8-12-6-7-14(11)2;1-8-9(4-3-5-12-8)10-13-6-11-7-14(10)2;10*1-2/h3-9H,1-2H3;3*3-8H,1-2H3;3-7H,1-2H3;10*1-2H3/q5*+1;;;;;;;;;;. The average molecular weight is 1230 g/mol. The van der Waals surface area contributed by atoms with E-state index in [1.54, 1.807) is 62.4 Å². The molecule has 0 radical (unpaired) electrons. The second kappa shape index (κ2) is 60.4. The Labute approximate surface area is 547 Å². The van der Waals surface area contributed by atoms with Crippen molar-refractivity contribution in [1.82, 2.24) is 49.8 Å². The van der Waals surface area contributed by atoms with Crippen LogP contribution in [-0.2, 0) is 35.2 Å². The zero-order valence-electron chi connectivity index (χ0n) is 61.5. The van der Waals surface area contributed by atoms with E-state index in [9.17, 15) is 0 Å². The highest BCUT2D eigenvalue weighted by Crippen LogP contribution is 2.19. The number of hydrogen-bond acceptors (Lipinski definition) is 10. The lowest BCUT2D eigenvalue weighted by Gasteiger charge is -2.03. The van der Waals surface area contributed by atoms with E-state index < -0.39 is 0 Å². The molecule has 490 valence electrons. The summed E-state index contributed by atoms with van der Waals surface area (Å²) >= 11 is 0. The van der Waals surface area contributed by atoms with Gasteiger partial charge in [0.2, 0.25) is 17.7 Å². The maximum atomic E-state index is 4.33. The third kappa shape index (κ3) is 32.9. The SMILES string of the molecule is CC.CC.CC.CC.CC.CC.CC.CC.CC.CC.Cc1ncccc1-c1cccc[n+]1C.Cc1ncccc1-c1ccnc[n+]1C.Cc1ncccc1-c1cncc[n+]1C.Cc1ncccc1-c1nccc[n+]1C.Cc1ncccc1-c1ncnc[n+]1C. The molecule has 15 nitrogen and oxygen atoms in total. The van der Waals surface area contributed by atoms with Crippen molar-refractivity contribution in [2.75, 3.05) is 0 Å². The highest BCUT2D eigenvalue weighted by molar-refractivity contribution is 5.60. The van der Waals surface area contributed by atoms with E-state index in [0.29, 0.717) is 0 Å². The normalized spacial score (nSPS) is 8.56. The molecule has 0 atom stereocenters. The van der Waals surface area contributed by atoms with Gasteiger partial charge in [0.1, 0.15) is 32.2 Å². The van der Waals surface area contributed by atoms with Gasteiger partial charge in [0.15, 0.2) is 12.4 Å². The van der Waals surface area contributed by atoms with Gasteiger partial charge in [-0.3, -0.25) is 29.9 Å². The molecule has 90 heavy (non-hydrogen) atoms. The van der Waals surface area contributed by atoms with Gasteiger partial charge in [0.05, 0.1) is 84.8 Å². The highest BCUT2D eigenvalue weighted by atomic mass is 15.1. The number of rotatable bonds is 5. The fourth-order valence-electron chi connectivity index (χ4n) is 7.23. The Morgan fingerprint density at radius 1 is 0.244 bits per heavy atom. The summed E-state index contributed by atoms with van der Waals surface area (Å²) in [6.07, 6.45) is 27.2. The second-order valence-corrected chi connectivity index (χ2v) is 16.0. The van der Waals surface area contributed by atoms with E-state index in [1.807, 2.05) is 324 Å². The number of aryl methyl sites for hydroxylation is 10. The van der Waals surface area contributed by atoms with Crippen LogP contribution in [0.25, 0.3) is 56.5 Å². The first kappa shape index (κ1) is 89.9. The lowest BCUT2D eigenvalue weighted by molar-refractivity contribution is -0.666. The van der Waals surface area contributed by atoms with Gasteiger partial charge in [0.25, 0.3) is 18.5 Å². The fourth-order valence-corrected chi connectivity index (χ4v) is 7.23. The Kier molecular flexibility index (Phi) is 60.4. The first-order valence-corrected chi connectivity index (χ1v) is 32.5. The number of pyridine rings is 6. The largest absolute Gasteiger partial charge is 0.331 e. The van der Waals surface area contributed by atoms with Crippen molar-refractivity contribution >= 4 is 0 Å². The zero-order chi connectivity index (χ0) is 69.8. The van der Waals surface area contributed by atoms with Crippen LogP contribution in [0.5, 0.6) is 0 Å². The predicted molar refractivity (Wildman–Crippen MR) is 380 cm³/mol. The van der Waals surface area contributed by atoms with Gasteiger partial charge in [-0.2, -0.15) is 4.57 Å². The fraction of sp³-hybridized carbons (Fsp3) is 0.400. The molecule has 0 saturated carbocycles. The summed E-state index contributed by atoms with van der Waals surface area (Å²) in [5.74, 6) is 1.82. The van der Waals surface area contributed by atoms with Gasteiger partial charge in [0, 0.05) is 66.5 Å². The van der Waals surface area contributed by atoms with Crippen LogP contribution in [0.4, 0.5) is 0 Å². The van der Waals surface area contributed by atoms with Gasteiger partial charge in [-0.15, -0.1) is 0 Å². The molecule has 0 fully saturated rings. The summed E-state index contributed by atoms with van der Waals surface area (Å²) in [5.41, 5.74) is 14.1. The molecule has 0 unspecified atom stereocenters. The third-order valence-corrected chi connectivity index (χ3v) is 11.0. The number of aromatic nitrogens is 15. The van der Waals surface area contributed by atoms with Crippen LogP contribution >= 0.6 is 0 Å². The van der Waals surface area contributed by atoms with Crippen molar-refractivity contribution < 1.29 is 22.8 Å². The summed E-state index contributed by atoms with van der Waals surface area (Å²) in [6, 6.07) is 30.0. The molecule has 0 saturated heterocycles. The molecule has 0 aliphatic rings. The molecular weight excluding hydrogens is 1110 g/mol. The molecule has 0 bridgehead atoms. The molecule has 10 rings (SSSR count). The van der Waals surface area contributed by atoms with Crippen molar-refractivity contribution in [1.29, 1.82) is 0 Å². The van der Waals surface area contributed by atoms with Crippen LogP contribution in [-0.4, -0.2) is 49.8 Å².